The Labute approximate surface area is 127 Å². The maximum Gasteiger partial charge on any atom is 0.193 e. The maximum absolute atomic E-state index is 12.2. The van der Waals surface area contributed by atoms with Crippen LogP contribution in [0.25, 0.3) is 15.7 Å². The van der Waals surface area contributed by atoms with Gasteiger partial charge in [0, 0.05) is 21.4 Å². The van der Waals surface area contributed by atoms with Gasteiger partial charge in [-0.2, -0.15) is 10.5 Å². The number of fused-ring (bicyclic) bond motifs is 2. The molecule has 0 N–H and O–H groups in total. The Kier molecular flexibility index (Phi) is 2.83. The summed E-state index contributed by atoms with van der Waals surface area (Å²) in [7, 11) is 0. The van der Waals surface area contributed by atoms with Gasteiger partial charge in [0.15, 0.2) is 5.78 Å². The number of nitriles is 2. The first-order valence-corrected chi connectivity index (χ1v) is 7.19. The molecule has 0 fully saturated rings. The summed E-state index contributed by atoms with van der Waals surface area (Å²) in [5.41, 5.74) is 1.63. The number of ketones is 1. The minimum Gasteiger partial charge on any atom is -0.289 e. The van der Waals surface area contributed by atoms with Crippen molar-refractivity contribution in [2.24, 2.45) is 0 Å². The highest BCUT2D eigenvalue weighted by molar-refractivity contribution is 9.11. The van der Waals surface area contributed by atoms with Crippen molar-refractivity contribution in [2.45, 2.75) is 0 Å². The van der Waals surface area contributed by atoms with Crippen LogP contribution >= 0.6 is 27.3 Å². The van der Waals surface area contributed by atoms with Crippen molar-refractivity contribution in [1.29, 1.82) is 10.5 Å². The van der Waals surface area contributed by atoms with E-state index in [0.29, 0.717) is 16.7 Å². The topological polar surface area (TPSA) is 64.7 Å². The third-order valence-corrected chi connectivity index (χ3v) is 4.79. The van der Waals surface area contributed by atoms with Gasteiger partial charge in [0.1, 0.15) is 17.7 Å². The summed E-state index contributed by atoms with van der Waals surface area (Å²) in [4.78, 5) is 12.2. The van der Waals surface area contributed by atoms with E-state index in [4.69, 9.17) is 10.5 Å². The van der Waals surface area contributed by atoms with Crippen LogP contribution < -0.4 is 0 Å². The lowest BCUT2D eigenvalue weighted by molar-refractivity contribution is 0.104. The van der Waals surface area contributed by atoms with Gasteiger partial charge in [-0.25, -0.2) is 0 Å². The Bertz CT molecular complexity index is 906. The van der Waals surface area contributed by atoms with Crippen molar-refractivity contribution in [3.63, 3.8) is 0 Å². The lowest BCUT2D eigenvalue weighted by Gasteiger charge is -2.00. The molecule has 0 saturated carbocycles. The summed E-state index contributed by atoms with van der Waals surface area (Å²) < 4.78 is 1.95. The molecule has 0 spiro atoms. The zero-order valence-electron chi connectivity index (χ0n) is 10.0. The number of rotatable bonds is 0. The number of hydrogen-bond donors (Lipinski definition) is 0. The smallest absolute Gasteiger partial charge is 0.193 e. The molecule has 20 heavy (non-hydrogen) atoms. The second kappa shape index (κ2) is 4.42. The third-order valence-electron chi connectivity index (χ3n) is 3.19. The van der Waals surface area contributed by atoms with E-state index in [-0.39, 0.29) is 16.9 Å². The predicted octanol–water partition coefficient (Wildman–Crippen LogP) is 4.22. The highest BCUT2D eigenvalue weighted by Crippen LogP contribution is 2.42. The SMILES string of the molecule is C=C1C(=O)c2cc3sc(Br)cc3cc2C1=C(C#N)C#N. The molecule has 1 aromatic carbocycles. The fraction of sp³-hybridized carbons (Fsp3) is 0. The van der Waals surface area contributed by atoms with E-state index in [2.05, 4.69) is 22.5 Å². The van der Waals surface area contributed by atoms with Gasteiger partial charge in [-0.15, -0.1) is 11.3 Å². The first kappa shape index (κ1) is 12.8. The van der Waals surface area contributed by atoms with E-state index in [9.17, 15) is 4.79 Å². The van der Waals surface area contributed by atoms with Gasteiger partial charge < -0.3 is 0 Å². The van der Waals surface area contributed by atoms with Crippen LogP contribution in [-0.4, -0.2) is 5.78 Å². The minimum atomic E-state index is -0.218. The number of allylic oxidation sites excluding steroid dienone is 3. The van der Waals surface area contributed by atoms with Crippen molar-refractivity contribution in [3.8, 4) is 12.1 Å². The Morgan fingerprint density at radius 1 is 1.20 bits per heavy atom. The second-order valence-electron chi connectivity index (χ2n) is 4.27. The largest absolute Gasteiger partial charge is 0.289 e. The van der Waals surface area contributed by atoms with Crippen molar-refractivity contribution < 1.29 is 4.79 Å². The number of carbonyl (C=O) groups excluding carboxylic acids is 1. The van der Waals surface area contributed by atoms with E-state index in [0.717, 1.165) is 13.9 Å². The molecular weight excluding hydrogens is 336 g/mol. The molecule has 1 aliphatic carbocycles. The summed E-state index contributed by atoms with van der Waals surface area (Å²) in [6.45, 7) is 3.73. The molecule has 0 atom stereocenters. The van der Waals surface area contributed by atoms with E-state index < -0.39 is 0 Å². The number of nitrogens with zero attached hydrogens (tertiary/aromatic N) is 2. The zero-order valence-corrected chi connectivity index (χ0v) is 12.4. The highest BCUT2D eigenvalue weighted by Gasteiger charge is 2.31. The summed E-state index contributed by atoms with van der Waals surface area (Å²) in [5.74, 6) is -0.218. The first-order chi connectivity index (χ1) is 9.56. The van der Waals surface area contributed by atoms with E-state index in [1.807, 2.05) is 24.3 Å². The van der Waals surface area contributed by atoms with Crippen molar-refractivity contribution in [1.82, 2.24) is 0 Å². The van der Waals surface area contributed by atoms with Gasteiger partial charge in [-0.3, -0.25) is 4.79 Å². The Balaban J connectivity index is 2.43. The van der Waals surface area contributed by atoms with Crippen molar-refractivity contribution in [3.05, 3.63) is 50.8 Å². The Hall–Kier alpha value is -2.21. The quantitative estimate of drug-likeness (QED) is 0.532. The first-order valence-electron chi connectivity index (χ1n) is 5.58. The third kappa shape index (κ3) is 1.65. The van der Waals surface area contributed by atoms with Gasteiger partial charge in [-0.05, 0) is 45.1 Å². The molecule has 3 rings (SSSR count). The van der Waals surface area contributed by atoms with Gasteiger partial charge in [0.25, 0.3) is 0 Å². The lowest BCUT2D eigenvalue weighted by Crippen LogP contribution is -1.93. The number of carbonyl (C=O) groups is 1. The molecule has 0 bridgehead atoms. The van der Waals surface area contributed by atoms with Crippen molar-refractivity contribution in [2.75, 3.05) is 0 Å². The predicted molar refractivity (Wildman–Crippen MR) is 81.1 cm³/mol. The fourth-order valence-electron chi connectivity index (χ4n) is 2.31. The van der Waals surface area contributed by atoms with E-state index in [1.54, 1.807) is 6.07 Å². The fourth-order valence-corrected chi connectivity index (χ4v) is 3.89. The molecule has 2 aromatic rings. The van der Waals surface area contributed by atoms with Crippen LogP contribution in [0.4, 0.5) is 0 Å². The minimum absolute atomic E-state index is 0.0734. The van der Waals surface area contributed by atoms with Crippen LogP contribution in [0.3, 0.4) is 0 Å². The number of thiophene rings is 1. The molecule has 0 radical (unpaired) electrons. The molecule has 5 heteroatoms. The van der Waals surface area contributed by atoms with Crippen molar-refractivity contribution >= 4 is 48.7 Å². The monoisotopic (exact) mass is 340 g/mol. The summed E-state index contributed by atoms with van der Waals surface area (Å²) in [5, 5.41) is 19.1. The Morgan fingerprint density at radius 2 is 1.90 bits per heavy atom. The molecule has 0 unspecified atom stereocenters. The standard InChI is InChI=1S/C15H5BrN2OS/c1-7-14(9(5-17)6-18)10-2-8-3-13(16)20-12(8)4-11(10)15(7)19/h2-4H,1H2. The van der Waals surface area contributed by atoms with Crippen LogP contribution in [0.2, 0.25) is 0 Å². The average molecular weight is 341 g/mol. The Morgan fingerprint density at radius 3 is 2.55 bits per heavy atom. The second-order valence-corrected chi connectivity index (χ2v) is 6.73. The van der Waals surface area contributed by atoms with Gasteiger partial charge in [0.05, 0.1) is 3.79 Å². The van der Waals surface area contributed by atoms with Gasteiger partial charge in [-0.1, -0.05) is 6.58 Å². The van der Waals surface area contributed by atoms with Crippen LogP contribution in [0.15, 0.2) is 39.7 Å². The summed E-state index contributed by atoms with van der Waals surface area (Å²) in [6.07, 6.45) is 0. The van der Waals surface area contributed by atoms with Crippen LogP contribution in [-0.2, 0) is 0 Å². The maximum atomic E-state index is 12.2. The lowest BCUT2D eigenvalue weighted by atomic mass is 10.00. The molecule has 94 valence electrons. The molecule has 1 heterocycles. The van der Waals surface area contributed by atoms with Crippen LogP contribution in [0, 0.1) is 22.7 Å². The zero-order chi connectivity index (χ0) is 14.4. The summed E-state index contributed by atoms with van der Waals surface area (Å²) in [6, 6.07) is 9.26. The molecule has 3 nitrogen and oxygen atoms in total. The molecule has 0 aliphatic heterocycles. The normalized spacial score (nSPS) is 13.2. The summed E-state index contributed by atoms with van der Waals surface area (Å²) >= 11 is 4.94. The molecule has 0 amide bonds. The van der Waals surface area contributed by atoms with E-state index >= 15 is 0 Å². The van der Waals surface area contributed by atoms with Gasteiger partial charge >= 0.3 is 0 Å². The molecule has 1 aliphatic rings. The van der Waals surface area contributed by atoms with Crippen LogP contribution in [0.1, 0.15) is 15.9 Å². The average Bonchev–Trinajstić information content (AvgIpc) is 2.90. The van der Waals surface area contributed by atoms with Gasteiger partial charge in [0.2, 0.25) is 0 Å². The molecule has 0 saturated heterocycles. The number of Topliss-reactive ketones (excluding diaryl/α,β-unsaturated/α-hetero) is 1. The molecule has 1 aromatic heterocycles. The number of hydrogen-bond acceptors (Lipinski definition) is 4. The molecular formula is C15H5BrN2OS. The highest BCUT2D eigenvalue weighted by atomic mass is 79.9. The van der Waals surface area contributed by atoms with Crippen LogP contribution in [0.5, 0.6) is 0 Å². The number of halogens is 1. The van der Waals surface area contributed by atoms with E-state index in [1.165, 1.54) is 11.3 Å². The number of benzene rings is 1.